The van der Waals surface area contributed by atoms with Gasteiger partial charge in [-0.25, -0.2) is 4.79 Å². The van der Waals surface area contributed by atoms with Crippen molar-refractivity contribution >= 4 is 40.6 Å². The number of benzene rings is 3. The summed E-state index contributed by atoms with van der Waals surface area (Å²) in [6.45, 7) is 1.88. The van der Waals surface area contributed by atoms with Crippen LogP contribution < -0.4 is 15.5 Å². The van der Waals surface area contributed by atoms with Crippen LogP contribution in [-0.4, -0.2) is 24.1 Å². The van der Waals surface area contributed by atoms with Gasteiger partial charge in [0.15, 0.2) is 5.11 Å². The second-order valence-corrected chi connectivity index (χ2v) is 7.87. The minimum absolute atomic E-state index is 0.239. The number of para-hydroxylation sites is 2. The van der Waals surface area contributed by atoms with Gasteiger partial charge in [-0.15, -0.1) is 0 Å². The predicted molar refractivity (Wildman–Crippen MR) is 133 cm³/mol. The van der Waals surface area contributed by atoms with Gasteiger partial charge in [0.25, 0.3) is 5.91 Å². The summed E-state index contributed by atoms with van der Waals surface area (Å²) in [5.74, 6) is -0.658. The first-order valence-electron chi connectivity index (χ1n) is 10.4. The van der Waals surface area contributed by atoms with Crippen molar-refractivity contribution in [1.82, 2.24) is 5.32 Å². The van der Waals surface area contributed by atoms with E-state index in [1.165, 1.54) is 7.11 Å². The topological polar surface area (TPSA) is 70.7 Å². The number of hydrogen-bond acceptors (Lipinski definition) is 4. The zero-order chi connectivity index (χ0) is 23.4. The van der Waals surface area contributed by atoms with E-state index >= 15 is 0 Å². The molecule has 1 aliphatic rings. The van der Waals surface area contributed by atoms with E-state index in [1.807, 2.05) is 72.5 Å². The third kappa shape index (κ3) is 4.63. The molecule has 3 aromatic rings. The minimum Gasteiger partial charge on any atom is -0.465 e. The summed E-state index contributed by atoms with van der Waals surface area (Å²) in [4.78, 5) is 27.2. The third-order valence-corrected chi connectivity index (χ3v) is 5.74. The number of carbonyl (C=O) groups is 2. The number of nitrogens with zero attached hydrogens (tertiary/aromatic N) is 1. The quantitative estimate of drug-likeness (QED) is 0.423. The summed E-state index contributed by atoms with van der Waals surface area (Å²) in [6, 6.07) is 25.4. The van der Waals surface area contributed by atoms with Crippen LogP contribution in [0, 0.1) is 0 Å². The van der Waals surface area contributed by atoms with Crippen LogP contribution in [0.3, 0.4) is 0 Å². The Balaban J connectivity index is 1.77. The van der Waals surface area contributed by atoms with Crippen molar-refractivity contribution < 1.29 is 14.3 Å². The van der Waals surface area contributed by atoms with E-state index in [9.17, 15) is 9.59 Å². The highest BCUT2D eigenvalue weighted by atomic mass is 32.1. The van der Waals surface area contributed by atoms with Gasteiger partial charge in [0, 0.05) is 17.1 Å². The molecule has 0 radical (unpaired) electrons. The van der Waals surface area contributed by atoms with Gasteiger partial charge in [0.1, 0.15) is 0 Å². The molecule has 7 heteroatoms. The van der Waals surface area contributed by atoms with Crippen molar-refractivity contribution in [1.29, 1.82) is 0 Å². The fourth-order valence-corrected chi connectivity index (χ4v) is 4.18. The molecule has 6 nitrogen and oxygen atoms in total. The Hall–Kier alpha value is -3.97. The number of nitrogens with one attached hydrogen (secondary N) is 2. The van der Waals surface area contributed by atoms with Gasteiger partial charge in [-0.2, -0.15) is 0 Å². The predicted octanol–water partition coefficient (Wildman–Crippen LogP) is 4.82. The Morgan fingerprint density at radius 2 is 1.55 bits per heavy atom. The highest BCUT2D eigenvalue weighted by Crippen LogP contribution is 2.34. The Labute approximate surface area is 197 Å². The molecule has 33 heavy (non-hydrogen) atoms. The monoisotopic (exact) mass is 457 g/mol. The molecule has 0 saturated carbocycles. The van der Waals surface area contributed by atoms with Gasteiger partial charge >= 0.3 is 5.97 Å². The van der Waals surface area contributed by atoms with E-state index in [0.29, 0.717) is 21.9 Å². The number of esters is 1. The van der Waals surface area contributed by atoms with Crippen molar-refractivity contribution in [3.05, 3.63) is 107 Å². The number of hydrogen-bond donors (Lipinski definition) is 2. The minimum atomic E-state index is -0.493. The van der Waals surface area contributed by atoms with Crippen LogP contribution in [0.15, 0.2) is 96.2 Å². The molecule has 1 aliphatic heterocycles. The van der Waals surface area contributed by atoms with Crippen LogP contribution in [-0.2, 0) is 9.53 Å². The lowest BCUT2D eigenvalue weighted by Crippen LogP contribution is -2.48. The SMILES string of the molecule is COC(=O)c1ccc([C@H]2NC(=S)N(c3ccccc3)C(C)=C2C(=O)Nc2ccccc2)cc1. The van der Waals surface area contributed by atoms with Crippen molar-refractivity contribution in [2.45, 2.75) is 13.0 Å². The highest BCUT2D eigenvalue weighted by Gasteiger charge is 2.34. The standard InChI is InChI=1S/C26H23N3O3S/c1-17-22(24(30)27-20-9-5-3-6-10-20)23(18-13-15-19(16-14-18)25(31)32-2)28-26(33)29(17)21-11-7-4-8-12-21/h3-16,23H,1-2H3,(H,27,30)(H,28,33)/t23-/m1/s1. The van der Waals surface area contributed by atoms with Crippen LogP contribution in [0.4, 0.5) is 11.4 Å². The fraction of sp³-hybridized carbons (Fsp3) is 0.115. The number of amides is 1. The van der Waals surface area contributed by atoms with Crippen LogP contribution >= 0.6 is 12.2 Å². The van der Waals surface area contributed by atoms with Gasteiger partial charge < -0.3 is 15.4 Å². The van der Waals surface area contributed by atoms with Crippen LogP contribution in [0.25, 0.3) is 0 Å². The molecule has 0 saturated heterocycles. The molecule has 0 spiro atoms. The van der Waals surface area contributed by atoms with Crippen molar-refractivity contribution in [2.75, 3.05) is 17.3 Å². The van der Waals surface area contributed by atoms with Gasteiger partial charge in [-0.1, -0.05) is 48.5 Å². The summed E-state index contributed by atoms with van der Waals surface area (Å²) in [5, 5.41) is 6.78. The first kappa shape index (κ1) is 22.2. The van der Waals surface area contributed by atoms with Gasteiger partial charge in [-0.3, -0.25) is 9.69 Å². The van der Waals surface area contributed by atoms with Crippen LogP contribution in [0.5, 0.6) is 0 Å². The van der Waals surface area contributed by atoms with Crippen LogP contribution in [0.1, 0.15) is 28.9 Å². The molecule has 1 heterocycles. The van der Waals surface area contributed by atoms with E-state index in [0.717, 1.165) is 16.9 Å². The summed E-state index contributed by atoms with van der Waals surface area (Å²) >= 11 is 5.69. The lowest BCUT2D eigenvalue weighted by atomic mass is 9.93. The average molecular weight is 458 g/mol. The Morgan fingerprint density at radius 1 is 0.939 bits per heavy atom. The molecule has 0 aliphatic carbocycles. The number of methoxy groups -OCH3 is 1. The molecule has 0 fully saturated rings. The Morgan fingerprint density at radius 3 is 2.15 bits per heavy atom. The summed E-state index contributed by atoms with van der Waals surface area (Å²) in [5.41, 5.74) is 4.04. The number of allylic oxidation sites excluding steroid dienone is 1. The zero-order valence-electron chi connectivity index (χ0n) is 18.2. The number of thiocarbonyl (C=S) groups is 1. The number of rotatable bonds is 5. The summed E-state index contributed by atoms with van der Waals surface area (Å²) in [7, 11) is 1.34. The van der Waals surface area contributed by atoms with Gasteiger partial charge in [0.2, 0.25) is 0 Å². The maximum atomic E-state index is 13.5. The Kier molecular flexibility index (Phi) is 6.51. The van der Waals surface area contributed by atoms with Gasteiger partial charge in [-0.05, 0) is 61.1 Å². The maximum absolute atomic E-state index is 13.5. The molecule has 1 amide bonds. The normalized spacial score (nSPS) is 15.6. The molecule has 0 unspecified atom stereocenters. The zero-order valence-corrected chi connectivity index (χ0v) is 19.1. The largest absolute Gasteiger partial charge is 0.465 e. The lowest BCUT2D eigenvalue weighted by molar-refractivity contribution is -0.113. The molecule has 4 rings (SSSR count). The van der Waals surface area contributed by atoms with E-state index in [4.69, 9.17) is 17.0 Å². The molecular weight excluding hydrogens is 434 g/mol. The smallest absolute Gasteiger partial charge is 0.337 e. The molecule has 1 atom stereocenters. The molecule has 2 N–H and O–H groups in total. The van der Waals surface area contributed by atoms with Crippen molar-refractivity contribution in [3.8, 4) is 0 Å². The number of anilines is 2. The highest BCUT2D eigenvalue weighted by molar-refractivity contribution is 7.80. The summed E-state index contributed by atoms with van der Waals surface area (Å²) in [6.07, 6.45) is 0. The van der Waals surface area contributed by atoms with E-state index in [-0.39, 0.29) is 5.91 Å². The van der Waals surface area contributed by atoms with E-state index in [1.54, 1.807) is 24.3 Å². The third-order valence-electron chi connectivity index (χ3n) is 5.44. The molecular formula is C26H23N3O3S. The molecule has 3 aromatic carbocycles. The lowest BCUT2D eigenvalue weighted by Gasteiger charge is -2.38. The summed E-state index contributed by atoms with van der Waals surface area (Å²) < 4.78 is 4.79. The maximum Gasteiger partial charge on any atom is 0.337 e. The van der Waals surface area contributed by atoms with Crippen molar-refractivity contribution in [2.24, 2.45) is 0 Å². The molecule has 0 bridgehead atoms. The average Bonchev–Trinajstić information content (AvgIpc) is 2.84. The number of ether oxygens (including phenoxy) is 1. The van der Waals surface area contributed by atoms with E-state index in [2.05, 4.69) is 10.6 Å². The van der Waals surface area contributed by atoms with Crippen LogP contribution in [0.2, 0.25) is 0 Å². The fourth-order valence-electron chi connectivity index (χ4n) is 3.82. The Bertz CT molecular complexity index is 1210. The van der Waals surface area contributed by atoms with Gasteiger partial charge in [0.05, 0.1) is 24.3 Å². The van der Waals surface area contributed by atoms with Crippen molar-refractivity contribution in [3.63, 3.8) is 0 Å². The first-order chi connectivity index (χ1) is 16.0. The second kappa shape index (κ2) is 9.67. The second-order valence-electron chi connectivity index (χ2n) is 7.49. The first-order valence-corrected chi connectivity index (χ1v) is 10.8. The van der Waals surface area contributed by atoms with E-state index < -0.39 is 12.0 Å². The number of carbonyl (C=O) groups excluding carboxylic acids is 2. The molecule has 166 valence electrons. The molecule has 0 aromatic heterocycles.